The van der Waals surface area contributed by atoms with Crippen molar-refractivity contribution in [3.8, 4) is 0 Å². The lowest BCUT2D eigenvalue weighted by molar-refractivity contribution is -0.677. The molecule has 0 radical (unpaired) electrons. The molecule has 1 fully saturated rings. The van der Waals surface area contributed by atoms with Gasteiger partial charge in [0.25, 0.3) is 11.8 Å². The van der Waals surface area contributed by atoms with Crippen LogP contribution in [0.25, 0.3) is 11.2 Å². The number of nitrogens with zero attached hydrogens (tertiary/aromatic N) is 6. The molecule has 3 N–H and O–H groups in total. The van der Waals surface area contributed by atoms with Crippen molar-refractivity contribution in [2.45, 2.75) is 29.3 Å². The predicted octanol–water partition coefficient (Wildman–Crippen LogP) is 1.34. The fourth-order valence-corrected chi connectivity index (χ4v) is 4.08. The first-order valence-corrected chi connectivity index (χ1v) is 9.75. The van der Waals surface area contributed by atoms with Gasteiger partial charge in [-0.25, -0.2) is 26.5 Å². The Morgan fingerprint density at radius 1 is 0.952 bits per heavy atom. The zero-order chi connectivity index (χ0) is 32.3. The fraction of sp³-hybridized carbons (Fsp3) is 0.312. The normalized spacial score (nSPS) is 28.1. The van der Waals surface area contributed by atoms with Crippen molar-refractivity contribution in [1.29, 1.82) is 0 Å². The minimum atomic E-state index is -6.78. The van der Waals surface area contributed by atoms with Gasteiger partial charge in [-0.1, -0.05) is 18.2 Å². The molecule has 230 valence electrons. The monoisotopic (exact) mass is 638 g/mol. The smallest absolute Gasteiger partial charge is 0.349 e. The molecular weight excluding hydrogens is 635 g/mol. The third-order valence-electron chi connectivity index (χ3n) is 5.89. The molecule has 1 saturated heterocycles. The maximum absolute atomic E-state index is 15.4. The van der Waals surface area contributed by atoms with Crippen molar-refractivity contribution >= 4 is 17.1 Å². The first-order valence-electron chi connectivity index (χ1n) is 9.75. The van der Waals surface area contributed by atoms with Gasteiger partial charge in [-0.3, -0.25) is 19.6 Å². The van der Waals surface area contributed by atoms with Crippen molar-refractivity contribution in [1.82, 2.24) is 19.3 Å². The van der Waals surface area contributed by atoms with E-state index in [1.807, 2.05) is 0 Å². The quantitative estimate of drug-likeness (QED) is 0.0542. The van der Waals surface area contributed by atoms with Crippen molar-refractivity contribution in [3.63, 3.8) is 0 Å². The molecule has 4 rings (SSSR count). The van der Waals surface area contributed by atoms with E-state index >= 15 is 22.0 Å². The zero-order valence-electron chi connectivity index (χ0n) is 18.6. The van der Waals surface area contributed by atoms with Gasteiger partial charge in [0, 0.05) is 5.34 Å². The molecule has 0 saturated carbocycles. The third-order valence-corrected chi connectivity index (χ3v) is 5.89. The van der Waals surface area contributed by atoms with Gasteiger partial charge in [0.1, 0.15) is 0 Å². The number of aromatic nitrogens is 4. The number of alkyl halides is 4. The van der Waals surface area contributed by atoms with Gasteiger partial charge >= 0.3 is 35.1 Å². The molecule has 42 heavy (non-hydrogen) atoms. The zero-order valence-corrected chi connectivity index (χ0v) is 18.6. The Balaban J connectivity index is 2.45. The van der Waals surface area contributed by atoms with Gasteiger partial charge in [0.15, 0.2) is 34.4 Å². The Hall–Kier alpha value is -4.30. The topological polar surface area (TPSA) is 169 Å². The van der Waals surface area contributed by atoms with E-state index < -0.39 is 112 Å². The van der Waals surface area contributed by atoms with E-state index in [0.29, 0.717) is 0 Å². The molecule has 0 spiro atoms. The van der Waals surface area contributed by atoms with Crippen LogP contribution >= 0.6 is 0 Å². The Labute approximate surface area is 215 Å². The van der Waals surface area contributed by atoms with Crippen molar-refractivity contribution in [2.75, 3.05) is 5.34 Å². The van der Waals surface area contributed by atoms with Crippen LogP contribution in [0.5, 0.6) is 0 Å². The second kappa shape index (κ2) is 8.61. The number of ether oxygens (including phenoxy) is 1. The molecule has 2 aromatic heterocycles. The fourth-order valence-electron chi connectivity index (χ4n) is 4.08. The van der Waals surface area contributed by atoms with Crippen LogP contribution in [0.1, 0.15) is 5.56 Å². The van der Waals surface area contributed by atoms with Gasteiger partial charge in [0.05, 0.1) is 10.5 Å². The van der Waals surface area contributed by atoms with E-state index in [1.54, 1.807) is 0 Å². The van der Waals surface area contributed by atoms with Crippen LogP contribution in [0.2, 0.25) is 0 Å². The van der Waals surface area contributed by atoms with E-state index in [0.717, 1.165) is 0 Å². The summed E-state index contributed by atoms with van der Waals surface area (Å²) >= 11 is 0. The highest BCUT2D eigenvalue weighted by Crippen LogP contribution is 2.64. The van der Waals surface area contributed by atoms with E-state index in [-0.39, 0.29) is 0 Å². The summed E-state index contributed by atoms with van der Waals surface area (Å²) in [6.45, 7) is 0. The first-order chi connectivity index (χ1) is 19.0. The predicted molar refractivity (Wildman–Crippen MR) is 96.3 cm³/mol. The van der Waals surface area contributed by atoms with Crippen LogP contribution < -0.4 is 10.9 Å². The van der Waals surface area contributed by atoms with Crippen molar-refractivity contribution < 1.29 is 82.3 Å². The summed E-state index contributed by atoms with van der Waals surface area (Å²) in [7, 11) is 0. The number of aliphatic hydroxyl groups is 3. The lowest BCUT2D eigenvalue weighted by Crippen LogP contribution is -2.70. The lowest BCUT2D eigenvalue weighted by atomic mass is 9.85. The minimum absolute atomic E-state index is 1.67. The van der Waals surface area contributed by atoms with E-state index in [4.69, 9.17) is 5.11 Å². The number of benzene rings is 1. The lowest BCUT2D eigenvalue weighted by Gasteiger charge is -2.36. The van der Waals surface area contributed by atoms with Crippen LogP contribution in [0.4, 0.5) is 63.3 Å². The molecule has 0 aliphatic carbocycles. The SMILES string of the molecule is O=c1c2nc(F)n([C@]3(c4c(F)c(F)c(F)c(F)c4F)O[C@](F)(C(O)(F)F)[C@](O)(F)[C@]3(O)[N+](=O)[O-])c2nc(N(F)F)n1F. The molecular formula is C16H3F13N6O7. The van der Waals surface area contributed by atoms with E-state index in [1.165, 1.54) is 0 Å². The number of halogens is 13. The van der Waals surface area contributed by atoms with Crippen LogP contribution in [-0.2, 0) is 10.5 Å². The molecule has 1 aliphatic heterocycles. The summed E-state index contributed by atoms with van der Waals surface area (Å²) in [6.07, 6.45) is -9.88. The van der Waals surface area contributed by atoms with Gasteiger partial charge in [0.2, 0.25) is 5.82 Å². The highest BCUT2D eigenvalue weighted by molar-refractivity contribution is 5.72. The summed E-state index contributed by atoms with van der Waals surface area (Å²) < 4.78 is 188. The Kier molecular flexibility index (Phi) is 6.28. The maximum Gasteiger partial charge on any atom is 0.440 e. The maximum atomic E-state index is 15.4. The van der Waals surface area contributed by atoms with Gasteiger partial charge in [-0.2, -0.15) is 31.9 Å². The van der Waals surface area contributed by atoms with E-state index in [2.05, 4.69) is 14.7 Å². The molecule has 0 unspecified atom stereocenters. The average Bonchev–Trinajstić information content (AvgIpc) is 3.28. The first kappa shape index (κ1) is 30.7. The van der Waals surface area contributed by atoms with Crippen molar-refractivity contribution in [3.05, 3.63) is 61.2 Å². The number of fused-ring (bicyclic) bond motifs is 1. The summed E-state index contributed by atoms with van der Waals surface area (Å²) in [5.74, 6) is -33.2. The molecule has 13 nitrogen and oxygen atoms in total. The number of imidazole rings is 1. The van der Waals surface area contributed by atoms with Crippen LogP contribution in [0.15, 0.2) is 4.79 Å². The van der Waals surface area contributed by atoms with Crippen LogP contribution in [-0.4, -0.2) is 63.1 Å². The summed E-state index contributed by atoms with van der Waals surface area (Å²) in [5.41, 5.74) is -22.9. The molecule has 0 amide bonds. The molecule has 0 bridgehead atoms. The second-order valence-corrected chi connectivity index (χ2v) is 8.00. The Morgan fingerprint density at radius 3 is 1.86 bits per heavy atom. The summed E-state index contributed by atoms with van der Waals surface area (Å²) in [6, 6.07) is 0. The standard InChI is InChI=1S/C16H3F13N6O7/c17-2-1(3(18)5(20)6(21)4(2)19)12(15(38,35(40)41)13(23,37)14(24,42-12)16(25,26)39)32-8-7(30-10(32)22)9(36)33(27)11(31-8)34(28)29/h37-39H/t12-,13-,14+,15+/m1/s1. The number of hydrogen-bond acceptors (Lipinski definition) is 10. The molecule has 1 aromatic carbocycles. The largest absolute Gasteiger partial charge is 0.440 e. The molecule has 3 heterocycles. The number of nitro groups is 1. The Morgan fingerprint density at radius 2 is 1.43 bits per heavy atom. The van der Waals surface area contributed by atoms with Crippen LogP contribution in [0, 0.1) is 45.3 Å². The molecule has 4 atom stereocenters. The third kappa shape index (κ3) is 3.21. The summed E-state index contributed by atoms with van der Waals surface area (Å²) in [4.78, 5) is 24.1. The number of rotatable bonds is 5. The molecule has 1 aliphatic rings. The minimum Gasteiger partial charge on any atom is -0.349 e. The second-order valence-electron chi connectivity index (χ2n) is 8.00. The van der Waals surface area contributed by atoms with Gasteiger partial charge in [-0.05, 0) is 0 Å². The van der Waals surface area contributed by atoms with E-state index in [9.17, 15) is 60.5 Å². The summed E-state index contributed by atoms with van der Waals surface area (Å²) in [5, 5.41) is 38.8. The number of anilines is 1. The molecule has 26 heteroatoms. The highest BCUT2D eigenvalue weighted by Gasteiger charge is 2.98. The van der Waals surface area contributed by atoms with Crippen molar-refractivity contribution in [2.24, 2.45) is 0 Å². The van der Waals surface area contributed by atoms with Gasteiger partial charge < -0.3 is 15.3 Å². The molecule has 3 aromatic rings. The average molecular weight is 638 g/mol. The van der Waals surface area contributed by atoms with Gasteiger partial charge in [-0.15, -0.1) is 0 Å². The number of hydrogen-bond donors (Lipinski definition) is 3. The van der Waals surface area contributed by atoms with Crippen LogP contribution in [0.3, 0.4) is 0 Å². The highest BCUT2D eigenvalue weighted by atomic mass is 19.4. The Bertz CT molecular complexity index is 1720.